The SMILES string of the molecule is Cc1cc(Br)cc(C)c1NS(=O)(=O)CC(C)C. The number of halogens is 1. The molecule has 0 aliphatic rings. The minimum atomic E-state index is -3.26. The standard InChI is InChI=1S/C12H18BrNO2S/c1-8(2)7-17(15,16)14-12-9(3)5-11(13)6-10(12)4/h5-6,8,14H,7H2,1-4H3. The lowest BCUT2D eigenvalue weighted by Crippen LogP contribution is -2.21. The summed E-state index contributed by atoms with van der Waals surface area (Å²) in [5.74, 6) is 0.255. The van der Waals surface area contributed by atoms with Crippen LogP contribution >= 0.6 is 15.9 Å². The van der Waals surface area contributed by atoms with Crippen molar-refractivity contribution < 1.29 is 8.42 Å². The summed E-state index contributed by atoms with van der Waals surface area (Å²) in [6, 6.07) is 3.81. The van der Waals surface area contributed by atoms with Crippen LogP contribution in [0.1, 0.15) is 25.0 Å². The van der Waals surface area contributed by atoms with Gasteiger partial charge in [-0.05, 0) is 43.0 Å². The normalized spacial score (nSPS) is 11.9. The zero-order valence-corrected chi connectivity index (χ0v) is 12.9. The van der Waals surface area contributed by atoms with E-state index < -0.39 is 10.0 Å². The average molecular weight is 320 g/mol. The third kappa shape index (κ3) is 4.32. The van der Waals surface area contributed by atoms with E-state index >= 15 is 0 Å². The first-order chi connectivity index (χ1) is 7.71. The van der Waals surface area contributed by atoms with E-state index in [9.17, 15) is 8.42 Å². The highest BCUT2D eigenvalue weighted by Crippen LogP contribution is 2.26. The van der Waals surface area contributed by atoms with Gasteiger partial charge in [0.2, 0.25) is 10.0 Å². The summed E-state index contributed by atoms with van der Waals surface area (Å²) >= 11 is 3.39. The summed E-state index contributed by atoms with van der Waals surface area (Å²) in [5.41, 5.74) is 2.53. The van der Waals surface area contributed by atoms with Crippen LogP contribution in [-0.2, 0) is 10.0 Å². The smallest absolute Gasteiger partial charge is 0.232 e. The second-order valence-electron chi connectivity index (χ2n) is 4.69. The predicted molar refractivity (Wildman–Crippen MR) is 75.9 cm³/mol. The van der Waals surface area contributed by atoms with Crippen LogP contribution in [0.2, 0.25) is 0 Å². The third-order valence-electron chi connectivity index (χ3n) is 2.31. The maximum Gasteiger partial charge on any atom is 0.232 e. The monoisotopic (exact) mass is 319 g/mol. The Labute approximate surface area is 112 Å². The molecular formula is C12H18BrNO2S. The first kappa shape index (κ1) is 14.5. The fourth-order valence-electron chi connectivity index (χ4n) is 1.71. The summed E-state index contributed by atoms with van der Waals surface area (Å²) in [5, 5.41) is 0. The van der Waals surface area contributed by atoms with Crippen molar-refractivity contribution in [3.8, 4) is 0 Å². The Balaban J connectivity index is 3.04. The third-order valence-corrected chi connectivity index (χ3v) is 4.39. The van der Waals surface area contributed by atoms with Crippen molar-refractivity contribution in [3.63, 3.8) is 0 Å². The molecule has 0 aromatic heterocycles. The van der Waals surface area contributed by atoms with Gasteiger partial charge in [0, 0.05) is 4.47 Å². The zero-order valence-electron chi connectivity index (χ0n) is 10.5. The fourth-order valence-corrected chi connectivity index (χ4v) is 3.99. The van der Waals surface area contributed by atoms with Crippen LogP contribution in [0.5, 0.6) is 0 Å². The molecule has 96 valence electrons. The van der Waals surface area contributed by atoms with Crippen molar-refractivity contribution in [2.75, 3.05) is 10.5 Å². The van der Waals surface area contributed by atoms with E-state index in [1.54, 1.807) is 0 Å². The molecule has 1 aromatic rings. The molecule has 0 heterocycles. The van der Waals surface area contributed by atoms with Gasteiger partial charge in [0.25, 0.3) is 0 Å². The molecule has 0 aliphatic carbocycles. The maximum atomic E-state index is 11.9. The first-order valence-corrected chi connectivity index (χ1v) is 7.93. The van der Waals surface area contributed by atoms with Crippen molar-refractivity contribution in [2.45, 2.75) is 27.7 Å². The number of nitrogens with one attached hydrogen (secondary N) is 1. The van der Waals surface area contributed by atoms with Gasteiger partial charge in [-0.2, -0.15) is 0 Å². The number of rotatable bonds is 4. The van der Waals surface area contributed by atoms with Gasteiger partial charge in [0.1, 0.15) is 0 Å². The lowest BCUT2D eigenvalue weighted by Gasteiger charge is -2.14. The molecule has 3 nitrogen and oxygen atoms in total. The fraction of sp³-hybridized carbons (Fsp3) is 0.500. The molecule has 1 aromatic carbocycles. The lowest BCUT2D eigenvalue weighted by atomic mass is 10.1. The van der Waals surface area contributed by atoms with Crippen LogP contribution in [0.4, 0.5) is 5.69 Å². The second kappa shape index (κ2) is 5.40. The predicted octanol–water partition coefficient (Wildman–Crippen LogP) is 3.46. The van der Waals surface area contributed by atoms with Crippen LogP contribution in [-0.4, -0.2) is 14.2 Å². The number of aryl methyl sites for hydroxylation is 2. The number of anilines is 1. The van der Waals surface area contributed by atoms with Crippen LogP contribution in [0.25, 0.3) is 0 Å². The Bertz CT molecular complexity index is 486. The minimum Gasteiger partial charge on any atom is -0.283 e. The Morgan fingerprint density at radius 1 is 1.24 bits per heavy atom. The Morgan fingerprint density at radius 2 is 1.71 bits per heavy atom. The number of benzene rings is 1. The van der Waals surface area contributed by atoms with Gasteiger partial charge in [-0.1, -0.05) is 29.8 Å². The summed E-state index contributed by atoms with van der Waals surface area (Å²) in [7, 11) is -3.26. The van der Waals surface area contributed by atoms with Gasteiger partial charge >= 0.3 is 0 Å². The van der Waals surface area contributed by atoms with Crippen molar-refractivity contribution >= 4 is 31.6 Å². The number of sulfonamides is 1. The highest BCUT2D eigenvalue weighted by atomic mass is 79.9. The highest BCUT2D eigenvalue weighted by Gasteiger charge is 2.15. The number of hydrogen-bond donors (Lipinski definition) is 1. The first-order valence-electron chi connectivity index (χ1n) is 5.48. The highest BCUT2D eigenvalue weighted by molar-refractivity contribution is 9.10. The zero-order chi connectivity index (χ0) is 13.2. The van der Waals surface area contributed by atoms with E-state index in [2.05, 4.69) is 20.7 Å². The Hall–Kier alpha value is -0.550. The molecule has 0 saturated carbocycles. The molecule has 0 saturated heterocycles. The molecule has 5 heteroatoms. The molecule has 0 fully saturated rings. The largest absolute Gasteiger partial charge is 0.283 e. The van der Waals surface area contributed by atoms with Crippen molar-refractivity contribution in [1.29, 1.82) is 0 Å². The quantitative estimate of drug-likeness (QED) is 0.923. The van der Waals surface area contributed by atoms with Gasteiger partial charge in [-0.15, -0.1) is 0 Å². The average Bonchev–Trinajstić information content (AvgIpc) is 2.09. The molecule has 0 atom stereocenters. The van der Waals surface area contributed by atoms with Crippen molar-refractivity contribution in [2.24, 2.45) is 5.92 Å². The second-order valence-corrected chi connectivity index (χ2v) is 7.37. The molecule has 1 rings (SSSR count). The molecule has 0 amide bonds. The van der Waals surface area contributed by atoms with Crippen LogP contribution in [0, 0.1) is 19.8 Å². The molecule has 0 unspecified atom stereocenters. The van der Waals surface area contributed by atoms with E-state index in [0.717, 1.165) is 15.6 Å². The van der Waals surface area contributed by atoms with E-state index in [1.165, 1.54) is 0 Å². The van der Waals surface area contributed by atoms with Crippen molar-refractivity contribution in [1.82, 2.24) is 0 Å². The lowest BCUT2D eigenvalue weighted by molar-refractivity contribution is 0.587. The van der Waals surface area contributed by atoms with Gasteiger partial charge < -0.3 is 0 Å². The molecule has 0 spiro atoms. The van der Waals surface area contributed by atoms with Crippen LogP contribution in [0.15, 0.2) is 16.6 Å². The molecule has 0 aliphatic heterocycles. The minimum absolute atomic E-state index is 0.114. The Morgan fingerprint density at radius 3 is 2.12 bits per heavy atom. The van der Waals surface area contributed by atoms with Crippen LogP contribution in [0.3, 0.4) is 0 Å². The molecule has 0 radical (unpaired) electrons. The molecular weight excluding hydrogens is 302 g/mol. The molecule has 1 N–H and O–H groups in total. The maximum absolute atomic E-state index is 11.9. The van der Waals surface area contributed by atoms with E-state index in [-0.39, 0.29) is 11.7 Å². The van der Waals surface area contributed by atoms with Gasteiger partial charge in [0.15, 0.2) is 0 Å². The van der Waals surface area contributed by atoms with E-state index in [0.29, 0.717) is 5.69 Å². The Kier molecular flexibility index (Phi) is 4.61. The summed E-state index contributed by atoms with van der Waals surface area (Å²) < 4.78 is 27.4. The number of hydrogen-bond acceptors (Lipinski definition) is 2. The van der Waals surface area contributed by atoms with Crippen LogP contribution < -0.4 is 4.72 Å². The molecule has 0 bridgehead atoms. The summed E-state index contributed by atoms with van der Waals surface area (Å²) in [4.78, 5) is 0. The molecule has 17 heavy (non-hydrogen) atoms. The summed E-state index contributed by atoms with van der Waals surface area (Å²) in [6.07, 6.45) is 0. The van der Waals surface area contributed by atoms with Gasteiger partial charge in [-0.25, -0.2) is 8.42 Å². The van der Waals surface area contributed by atoms with Crippen molar-refractivity contribution in [3.05, 3.63) is 27.7 Å². The van der Waals surface area contributed by atoms with E-state index in [1.807, 2.05) is 39.8 Å². The van der Waals surface area contributed by atoms with E-state index in [4.69, 9.17) is 0 Å². The topological polar surface area (TPSA) is 46.2 Å². The summed E-state index contributed by atoms with van der Waals surface area (Å²) in [6.45, 7) is 7.57. The van der Waals surface area contributed by atoms with Gasteiger partial charge in [0.05, 0.1) is 11.4 Å². The van der Waals surface area contributed by atoms with Gasteiger partial charge in [-0.3, -0.25) is 4.72 Å².